The lowest BCUT2D eigenvalue weighted by molar-refractivity contribution is -0.143. The number of nitrogens with two attached hydrogens (primary N) is 1. The van der Waals surface area contributed by atoms with E-state index in [-0.39, 0.29) is 23.2 Å². The molecule has 12 heteroatoms. The van der Waals surface area contributed by atoms with Gasteiger partial charge in [0, 0.05) is 16.0 Å². The van der Waals surface area contributed by atoms with Crippen LogP contribution in [0.15, 0.2) is 28.5 Å². The first-order valence-electron chi connectivity index (χ1n) is 8.11. The molecule has 2 heterocycles. The number of halogens is 6. The van der Waals surface area contributed by atoms with Crippen molar-refractivity contribution in [2.45, 2.75) is 23.5 Å². The second-order valence-corrected chi connectivity index (χ2v) is 9.48. The number of rotatable bonds is 4. The number of nitrogens with zero attached hydrogens (tertiary/aromatic N) is 1. The second-order valence-electron chi connectivity index (χ2n) is 6.15. The van der Waals surface area contributed by atoms with Gasteiger partial charge < -0.3 is 5.73 Å². The third-order valence-corrected chi connectivity index (χ3v) is 7.34. The first-order chi connectivity index (χ1) is 13.8. The minimum absolute atomic E-state index is 0.0502. The van der Waals surface area contributed by atoms with Gasteiger partial charge in [-0.25, -0.2) is 4.98 Å². The highest BCUT2D eigenvalue weighted by atomic mass is 32.2. The highest BCUT2D eigenvalue weighted by Crippen LogP contribution is 2.43. The molecular weight excluding hydrogens is 468 g/mol. The number of hydrogen-bond donors (Lipinski definition) is 2. The molecule has 2 aromatic heterocycles. The zero-order valence-electron chi connectivity index (χ0n) is 15.3. The molecule has 0 atom stereocenters. The first-order valence-corrected chi connectivity index (χ1v) is 11.0. The van der Waals surface area contributed by atoms with Gasteiger partial charge in [-0.2, -0.15) is 26.3 Å². The number of amidine groups is 1. The average molecular weight is 482 g/mol. The van der Waals surface area contributed by atoms with Crippen LogP contribution in [0.1, 0.15) is 20.9 Å². The van der Waals surface area contributed by atoms with Crippen molar-refractivity contribution >= 4 is 40.3 Å². The molecule has 3 rings (SSSR count). The van der Waals surface area contributed by atoms with E-state index in [2.05, 4.69) is 4.98 Å². The number of thiophene rings is 1. The Hall–Kier alpha value is -2.05. The van der Waals surface area contributed by atoms with Crippen LogP contribution in [0.2, 0.25) is 0 Å². The lowest BCUT2D eigenvalue weighted by atomic mass is 10.0. The van der Waals surface area contributed by atoms with Gasteiger partial charge in [-0.3, -0.25) is 5.41 Å². The quantitative estimate of drug-likeness (QED) is 0.185. The number of thiazole rings is 1. The third-order valence-electron chi connectivity index (χ3n) is 4.04. The Bertz CT molecular complexity index is 1080. The van der Waals surface area contributed by atoms with Gasteiger partial charge in [0.1, 0.15) is 10.8 Å². The molecule has 0 saturated carbocycles. The van der Waals surface area contributed by atoms with Crippen LogP contribution in [0.3, 0.4) is 0 Å². The maximum absolute atomic E-state index is 13.2. The number of thioether (sulfide) groups is 1. The number of benzene rings is 1. The summed E-state index contributed by atoms with van der Waals surface area (Å²) in [6, 6.07) is 3.08. The molecule has 3 N–H and O–H groups in total. The summed E-state index contributed by atoms with van der Waals surface area (Å²) >= 11 is 3.81. The van der Waals surface area contributed by atoms with Gasteiger partial charge in [0.25, 0.3) is 0 Å². The largest absolute Gasteiger partial charge is 0.416 e. The van der Waals surface area contributed by atoms with E-state index in [4.69, 9.17) is 11.1 Å². The molecule has 0 saturated heterocycles. The fraction of sp³-hybridized carbons (Fsp3) is 0.222. The lowest BCUT2D eigenvalue weighted by Gasteiger charge is -2.13. The molecule has 0 radical (unpaired) electrons. The molecule has 0 aliphatic rings. The van der Waals surface area contributed by atoms with Crippen LogP contribution in [-0.2, 0) is 12.4 Å². The number of hydrogen-bond acceptors (Lipinski definition) is 5. The summed E-state index contributed by atoms with van der Waals surface area (Å²) in [5.41, 5.74) is 3.18. The van der Waals surface area contributed by atoms with E-state index in [1.165, 1.54) is 23.1 Å². The van der Waals surface area contributed by atoms with Crippen molar-refractivity contribution < 1.29 is 26.3 Å². The van der Waals surface area contributed by atoms with Crippen molar-refractivity contribution in [3.8, 4) is 21.8 Å². The van der Waals surface area contributed by atoms with Gasteiger partial charge in [-0.1, -0.05) is 0 Å². The molecule has 0 aliphatic carbocycles. The fourth-order valence-corrected chi connectivity index (χ4v) is 5.50. The summed E-state index contributed by atoms with van der Waals surface area (Å²) in [5.74, 6) is -0.136. The number of aromatic nitrogens is 1. The summed E-state index contributed by atoms with van der Waals surface area (Å²) in [7, 11) is 0. The minimum atomic E-state index is -4.93. The normalized spacial score (nSPS) is 12.4. The molecule has 30 heavy (non-hydrogen) atoms. The fourth-order valence-electron chi connectivity index (χ4n) is 2.68. The Morgan fingerprint density at radius 2 is 1.57 bits per heavy atom. The Kier molecular flexibility index (Phi) is 5.95. The highest BCUT2D eigenvalue weighted by molar-refractivity contribution is 8.00. The highest BCUT2D eigenvalue weighted by Gasteiger charge is 2.37. The molecule has 0 amide bonds. The summed E-state index contributed by atoms with van der Waals surface area (Å²) in [5, 5.41) is 8.01. The predicted molar refractivity (Wildman–Crippen MR) is 108 cm³/mol. The molecular formula is C18H13F6N3S3. The Labute approximate surface area is 179 Å². The van der Waals surface area contributed by atoms with Crippen LogP contribution >= 0.6 is 34.4 Å². The van der Waals surface area contributed by atoms with Crippen molar-refractivity contribution in [1.82, 2.24) is 4.98 Å². The summed E-state index contributed by atoms with van der Waals surface area (Å²) in [6.07, 6.45) is -8.06. The van der Waals surface area contributed by atoms with Crippen molar-refractivity contribution in [1.29, 1.82) is 5.41 Å². The summed E-state index contributed by atoms with van der Waals surface area (Å²) < 4.78 is 79.9. The zero-order valence-corrected chi connectivity index (χ0v) is 17.8. The van der Waals surface area contributed by atoms with E-state index in [1.807, 2.05) is 6.26 Å². The van der Waals surface area contributed by atoms with Gasteiger partial charge in [0.15, 0.2) is 0 Å². The van der Waals surface area contributed by atoms with Crippen LogP contribution in [0, 0.1) is 12.3 Å². The predicted octanol–water partition coefficient (Wildman–Crippen LogP) is 6.89. The zero-order chi connectivity index (χ0) is 22.4. The van der Waals surface area contributed by atoms with Crippen LogP contribution in [-0.4, -0.2) is 17.1 Å². The van der Waals surface area contributed by atoms with Gasteiger partial charge in [-0.05, 0) is 37.4 Å². The van der Waals surface area contributed by atoms with E-state index in [0.717, 1.165) is 15.5 Å². The second kappa shape index (κ2) is 7.89. The summed E-state index contributed by atoms with van der Waals surface area (Å²) in [4.78, 5) is 5.32. The maximum Gasteiger partial charge on any atom is 0.416 e. The molecule has 160 valence electrons. The molecule has 0 unspecified atom stereocenters. The SMILES string of the molecule is CSc1sc(C(=N)N)cc1-c1nc(-c2cc(C(F)(F)F)cc(C(F)(F)F)c2)c(C)s1. The first kappa shape index (κ1) is 22.6. The summed E-state index contributed by atoms with van der Waals surface area (Å²) in [6.45, 7) is 1.58. The lowest BCUT2D eigenvalue weighted by Crippen LogP contribution is -2.11. The Morgan fingerprint density at radius 3 is 2.03 bits per heavy atom. The molecule has 1 aromatic carbocycles. The van der Waals surface area contributed by atoms with Crippen molar-refractivity contribution in [2.24, 2.45) is 5.73 Å². The van der Waals surface area contributed by atoms with E-state index in [0.29, 0.717) is 32.5 Å². The van der Waals surface area contributed by atoms with Crippen molar-refractivity contribution in [3.05, 3.63) is 45.1 Å². The molecule has 0 fully saturated rings. The van der Waals surface area contributed by atoms with Gasteiger partial charge >= 0.3 is 12.4 Å². The van der Waals surface area contributed by atoms with Gasteiger partial charge in [-0.15, -0.1) is 34.4 Å². The van der Waals surface area contributed by atoms with E-state index >= 15 is 0 Å². The van der Waals surface area contributed by atoms with Gasteiger partial charge in [0.05, 0.1) is 25.9 Å². The smallest absolute Gasteiger partial charge is 0.383 e. The van der Waals surface area contributed by atoms with Gasteiger partial charge in [0.2, 0.25) is 0 Å². The van der Waals surface area contributed by atoms with Crippen LogP contribution in [0.5, 0.6) is 0 Å². The van der Waals surface area contributed by atoms with Crippen molar-refractivity contribution in [2.75, 3.05) is 6.26 Å². The van der Waals surface area contributed by atoms with Crippen molar-refractivity contribution in [3.63, 3.8) is 0 Å². The van der Waals surface area contributed by atoms with E-state index in [9.17, 15) is 26.3 Å². The topological polar surface area (TPSA) is 62.8 Å². The van der Waals surface area contributed by atoms with Crippen LogP contribution < -0.4 is 5.73 Å². The average Bonchev–Trinajstić information content (AvgIpc) is 3.23. The van der Waals surface area contributed by atoms with Crippen LogP contribution in [0.4, 0.5) is 26.3 Å². The molecule has 0 bridgehead atoms. The molecule has 3 nitrogen and oxygen atoms in total. The number of aryl methyl sites for hydroxylation is 1. The number of nitrogen functional groups attached to an aromatic ring is 1. The number of alkyl halides is 6. The molecule has 0 aliphatic heterocycles. The minimum Gasteiger partial charge on any atom is -0.383 e. The van der Waals surface area contributed by atoms with Crippen LogP contribution in [0.25, 0.3) is 21.8 Å². The standard InChI is InChI=1S/C18H13F6N3S3/c1-7-13(8-3-9(17(19,20)21)5-10(4-8)18(22,23)24)27-15(29-7)11-6-12(14(25)26)30-16(11)28-2/h3-6H,1-2H3,(H3,25,26). The van der Waals surface area contributed by atoms with E-state index in [1.54, 1.807) is 13.0 Å². The Balaban J connectivity index is 2.17. The maximum atomic E-state index is 13.2. The monoisotopic (exact) mass is 481 g/mol. The Morgan fingerprint density at radius 1 is 1.00 bits per heavy atom. The van der Waals surface area contributed by atoms with E-state index < -0.39 is 23.5 Å². The third kappa shape index (κ3) is 4.49. The number of nitrogens with one attached hydrogen (secondary N) is 1. The molecule has 0 spiro atoms. The molecule has 3 aromatic rings.